The van der Waals surface area contributed by atoms with E-state index in [9.17, 15) is 9.90 Å². The Morgan fingerprint density at radius 2 is 1.88 bits per heavy atom. The molecular formula is C39H43ClN6O5S. The molecule has 2 aromatic carbocycles. The number of para-hydroxylation sites is 1. The number of carboxylic acids is 1. The van der Waals surface area contributed by atoms with Crippen LogP contribution in [0.15, 0.2) is 55.0 Å². The lowest BCUT2D eigenvalue weighted by molar-refractivity contribution is -0.145. The predicted octanol–water partition coefficient (Wildman–Crippen LogP) is 6.58. The first-order valence-electron chi connectivity index (χ1n) is 17.5. The van der Waals surface area contributed by atoms with Crippen LogP contribution in [0.4, 0.5) is 0 Å². The average molecular weight is 743 g/mol. The summed E-state index contributed by atoms with van der Waals surface area (Å²) in [6.45, 7) is 10.6. The minimum absolute atomic E-state index is 0.0264. The molecule has 1 atom stereocenters. The van der Waals surface area contributed by atoms with Gasteiger partial charge < -0.3 is 24.2 Å². The van der Waals surface area contributed by atoms with Gasteiger partial charge in [-0.25, -0.2) is 14.8 Å². The number of fused-ring (bicyclic) bond motifs is 1. The number of aromatic nitrogens is 4. The minimum Gasteiger partial charge on any atom is -0.491 e. The third-order valence-corrected chi connectivity index (χ3v) is 10.8. The van der Waals surface area contributed by atoms with Gasteiger partial charge in [-0.2, -0.15) is 5.10 Å². The van der Waals surface area contributed by atoms with E-state index in [1.54, 1.807) is 6.20 Å². The van der Waals surface area contributed by atoms with Crippen LogP contribution in [0.5, 0.6) is 17.4 Å². The zero-order valence-electron chi connectivity index (χ0n) is 29.7. The number of carboxylic acid groups (broad SMARTS) is 1. The quantitative estimate of drug-likeness (QED) is 0.111. The number of hydrogen-bond donors (Lipinski definition) is 1. The van der Waals surface area contributed by atoms with Gasteiger partial charge in [0.05, 0.1) is 21.0 Å². The Hall–Kier alpha value is -4.67. The van der Waals surface area contributed by atoms with Crippen molar-refractivity contribution < 1.29 is 24.1 Å². The number of hydrogen-bond acceptors (Lipinski definition) is 10. The fourth-order valence-electron chi connectivity index (χ4n) is 6.22. The number of aliphatic carboxylic acids is 1. The molecule has 13 heteroatoms. The molecule has 1 saturated heterocycles. The van der Waals surface area contributed by atoms with Crippen LogP contribution in [-0.4, -0.2) is 93.1 Å². The molecule has 3 aromatic heterocycles. The molecule has 52 heavy (non-hydrogen) atoms. The fourth-order valence-corrected chi connectivity index (χ4v) is 7.40. The Kier molecular flexibility index (Phi) is 12.3. The third kappa shape index (κ3) is 8.51. The summed E-state index contributed by atoms with van der Waals surface area (Å²) in [4.78, 5) is 27.5. The number of ether oxygens (including phenoxy) is 3. The van der Waals surface area contributed by atoms with Crippen LogP contribution in [0.3, 0.4) is 0 Å². The summed E-state index contributed by atoms with van der Waals surface area (Å²) in [5.41, 5.74) is 3.81. The molecule has 0 aliphatic carbocycles. The number of terminal acetylenes is 1. The van der Waals surface area contributed by atoms with Crippen molar-refractivity contribution in [3.8, 4) is 40.8 Å². The van der Waals surface area contributed by atoms with E-state index < -0.39 is 12.1 Å². The lowest BCUT2D eigenvalue weighted by Gasteiger charge is -2.32. The van der Waals surface area contributed by atoms with Gasteiger partial charge in [-0.3, -0.25) is 9.58 Å². The van der Waals surface area contributed by atoms with Crippen molar-refractivity contribution in [3.63, 3.8) is 0 Å². The maximum atomic E-state index is 12.7. The van der Waals surface area contributed by atoms with Gasteiger partial charge in [-0.05, 0) is 55.3 Å². The number of likely N-dealkylation sites (N-methyl/N-ethyl adjacent to an activating group) is 1. The molecule has 0 spiro atoms. The highest BCUT2D eigenvalue weighted by Crippen LogP contribution is 2.45. The van der Waals surface area contributed by atoms with Crippen LogP contribution >= 0.6 is 22.9 Å². The SMILES string of the molecule is C#Cc1sc2ncnc(OC(Cc3ccccc3OCc3ccnn3CCCC)C(=O)O)c2c1-c1ccc(OCCN2CCN(C)CC2)c(Cl)c1C. The molecule has 1 aliphatic rings. The van der Waals surface area contributed by atoms with E-state index in [-0.39, 0.29) is 12.3 Å². The second kappa shape index (κ2) is 17.2. The maximum Gasteiger partial charge on any atom is 0.345 e. The van der Waals surface area contributed by atoms with Crippen molar-refractivity contribution in [1.29, 1.82) is 0 Å². The molecule has 4 heterocycles. The Labute approximate surface area is 313 Å². The molecule has 5 aromatic rings. The summed E-state index contributed by atoms with van der Waals surface area (Å²) < 4.78 is 20.5. The standard InChI is InChI=1S/C39H43ClN6O5S/c1-5-7-16-46-28(14-15-43-46)24-50-30-11-9-8-10-27(30)23-32(39(47)48)51-37-35-34(33(6-2)52-38(35)42-25-41-37)29-12-13-31(36(40)26(29)3)49-22-21-45-19-17-44(4)18-20-45/h2,8-15,25,32H,5,7,16-24H2,1,3-4H3,(H,47,48). The lowest BCUT2D eigenvalue weighted by atomic mass is 9.98. The van der Waals surface area contributed by atoms with Crippen LogP contribution in [0.2, 0.25) is 5.02 Å². The lowest BCUT2D eigenvalue weighted by Crippen LogP contribution is -2.45. The molecule has 1 fully saturated rings. The third-order valence-electron chi connectivity index (χ3n) is 9.28. The van der Waals surface area contributed by atoms with E-state index in [4.69, 9.17) is 32.2 Å². The smallest absolute Gasteiger partial charge is 0.345 e. The number of halogens is 1. The molecular weight excluding hydrogens is 700 g/mol. The van der Waals surface area contributed by atoms with E-state index in [0.717, 1.165) is 68.9 Å². The molecule has 1 unspecified atom stereocenters. The van der Waals surface area contributed by atoms with Crippen molar-refractivity contribution in [2.24, 2.45) is 0 Å². The van der Waals surface area contributed by atoms with Crippen molar-refractivity contribution in [2.75, 3.05) is 46.4 Å². The molecule has 1 aliphatic heterocycles. The van der Waals surface area contributed by atoms with Crippen molar-refractivity contribution >= 4 is 39.1 Å². The van der Waals surface area contributed by atoms with Gasteiger partial charge in [-0.15, -0.1) is 17.8 Å². The molecule has 0 saturated carbocycles. The highest BCUT2D eigenvalue weighted by Gasteiger charge is 2.27. The number of unbranched alkanes of at least 4 members (excludes halogenated alkanes) is 1. The van der Waals surface area contributed by atoms with Crippen molar-refractivity contribution in [1.82, 2.24) is 29.5 Å². The van der Waals surface area contributed by atoms with Gasteiger partial charge in [0, 0.05) is 57.4 Å². The van der Waals surface area contributed by atoms with E-state index >= 15 is 0 Å². The maximum absolute atomic E-state index is 12.7. The minimum atomic E-state index is -1.29. The summed E-state index contributed by atoms with van der Waals surface area (Å²) in [5.74, 6) is 2.90. The summed E-state index contributed by atoms with van der Waals surface area (Å²) >= 11 is 8.22. The van der Waals surface area contributed by atoms with Gasteiger partial charge >= 0.3 is 5.97 Å². The van der Waals surface area contributed by atoms with Gasteiger partial charge in [-0.1, -0.05) is 55.1 Å². The zero-order chi connectivity index (χ0) is 36.6. The Morgan fingerprint density at radius 1 is 1.08 bits per heavy atom. The number of aryl methyl sites for hydroxylation is 1. The second-order valence-electron chi connectivity index (χ2n) is 12.8. The van der Waals surface area contributed by atoms with Crippen LogP contribution in [0.1, 0.15) is 41.5 Å². The number of nitrogens with zero attached hydrogens (tertiary/aromatic N) is 6. The Bertz CT molecular complexity index is 2050. The number of rotatable bonds is 16. The fraction of sp³-hybridized carbons (Fsp3) is 0.385. The highest BCUT2D eigenvalue weighted by molar-refractivity contribution is 7.19. The van der Waals surface area contributed by atoms with Crippen molar-refractivity contribution in [2.45, 2.75) is 52.4 Å². The van der Waals surface area contributed by atoms with Crippen LogP contribution in [0, 0.1) is 19.3 Å². The molecule has 1 N–H and O–H groups in total. The molecule has 11 nitrogen and oxygen atoms in total. The number of thiophene rings is 1. The summed E-state index contributed by atoms with van der Waals surface area (Å²) in [5, 5.41) is 15.8. The van der Waals surface area contributed by atoms with Gasteiger partial charge in [0.2, 0.25) is 12.0 Å². The summed E-state index contributed by atoms with van der Waals surface area (Å²) in [7, 11) is 2.14. The number of piperazine rings is 1. The zero-order valence-corrected chi connectivity index (χ0v) is 31.3. The largest absolute Gasteiger partial charge is 0.491 e. The van der Waals surface area contributed by atoms with Crippen LogP contribution < -0.4 is 14.2 Å². The number of benzene rings is 2. The predicted molar refractivity (Wildman–Crippen MR) is 204 cm³/mol. The average Bonchev–Trinajstić information content (AvgIpc) is 3.77. The number of carbonyl (C=O) groups is 1. The van der Waals surface area contributed by atoms with E-state index in [2.05, 4.69) is 44.8 Å². The van der Waals surface area contributed by atoms with Gasteiger partial charge in [0.15, 0.2) is 0 Å². The summed E-state index contributed by atoms with van der Waals surface area (Å²) in [6.07, 6.45) is 9.94. The van der Waals surface area contributed by atoms with Crippen molar-refractivity contribution in [3.05, 3.63) is 81.7 Å². The summed E-state index contributed by atoms with van der Waals surface area (Å²) in [6, 6.07) is 13.1. The molecule has 0 amide bonds. The van der Waals surface area contributed by atoms with Gasteiger partial charge in [0.1, 0.15) is 35.9 Å². The Balaban J connectivity index is 1.24. The van der Waals surface area contributed by atoms with Crippen LogP contribution in [-0.2, 0) is 24.4 Å². The highest BCUT2D eigenvalue weighted by atomic mass is 35.5. The van der Waals surface area contributed by atoms with E-state index in [1.165, 1.54) is 17.7 Å². The van der Waals surface area contributed by atoms with E-state index in [1.807, 2.05) is 54.1 Å². The molecule has 6 rings (SSSR count). The first-order valence-corrected chi connectivity index (χ1v) is 18.6. The van der Waals surface area contributed by atoms with E-state index in [0.29, 0.717) is 56.0 Å². The second-order valence-corrected chi connectivity index (χ2v) is 14.2. The normalized spacial score (nSPS) is 14.3. The van der Waals surface area contributed by atoms with Crippen LogP contribution in [0.25, 0.3) is 21.3 Å². The molecule has 0 bridgehead atoms. The Morgan fingerprint density at radius 3 is 2.65 bits per heavy atom. The first kappa shape index (κ1) is 37.1. The monoisotopic (exact) mass is 742 g/mol. The first-order chi connectivity index (χ1) is 25.3. The van der Waals surface area contributed by atoms with Gasteiger partial charge in [0.25, 0.3) is 0 Å². The topological polar surface area (TPSA) is 115 Å². The molecule has 272 valence electrons. The molecule has 0 radical (unpaired) electrons.